The first-order valence-corrected chi connectivity index (χ1v) is 6.69. The predicted molar refractivity (Wildman–Crippen MR) is 76.3 cm³/mol. The van der Waals surface area contributed by atoms with Gasteiger partial charge in [-0.25, -0.2) is 4.39 Å². The molecule has 0 aromatic heterocycles. The third-order valence-corrected chi connectivity index (χ3v) is 3.53. The summed E-state index contributed by atoms with van der Waals surface area (Å²) in [5.41, 5.74) is 1.84. The van der Waals surface area contributed by atoms with Gasteiger partial charge >= 0.3 is 0 Å². The molecule has 2 aromatic carbocycles. The second-order valence-electron chi connectivity index (χ2n) is 4.12. The molecule has 0 aliphatic rings. The molecule has 0 saturated heterocycles. The van der Waals surface area contributed by atoms with Gasteiger partial charge in [0, 0.05) is 15.5 Å². The van der Waals surface area contributed by atoms with Crippen molar-refractivity contribution in [3.8, 4) is 0 Å². The topological polar surface area (TPSA) is 29.1 Å². The molecule has 0 aliphatic heterocycles. The average molecular weight is 275 g/mol. The highest BCUT2D eigenvalue weighted by Gasteiger charge is 2.01. The van der Waals surface area contributed by atoms with E-state index in [1.165, 1.54) is 5.56 Å². The van der Waals surface area contributed by atoms with E-state index in [4.69, 9.17) is 0 Å². The van der Waals surface area contributed by atoms with Crippen LogP contribution in [-0.2, 0) is 4.79 Å². The second kappa shape index (κ2) is 6.38. The molecule has 0 fully saturated rings. The van der Waals surface area contributed by atoms with E-state index in [1.54, 1.807) is 23.9 Å². The van der Waals surface area contributed by atoms with Gasteiger partial charge in [0.2, 0.25) is 0 Å². The van der Waals surface area contributed by atoms with E-state index in [-0.39, 0.29) is 0 Å². The summed E-state index contributed by atoms with van der Waals surface area (Å²) in [6.45, 7) is 1.05. The van der Waals surface area contributed by atoms with Gasteiger partial charge in [0.05, 0.1) is 0 Å². The summed E-state index contributed by atoms with van der Waals surface area (Å²) < 4.78 is 12.1. The number of carbonyl (C=O) groups is 1. The van der Waals surface area contributed by atoms with Crippen molar-refractivity contribution in [1.82, 2.24) is 0 Å². The minimum absolute atomic E-state index is 0.607. The van der Waals surface area contributed by atoms with Gasteiger partial charge in [0.15, 0.2) is 6.67 Å². The number of halogens is 1. The zero-order valence-electron chi connectivity index (χ0n) is 10.5. The molecule has 0 atom stereocenters. The van der Waals surface area contributed by atoms with E-state index >= 15 is 0 Å². The van der Waals surface area contributed by atoms with Gasteiger partial charge in [-0.15, -0.1) is 0 Å². The lowest BCUT2D eigenvalue weighted by atomic mass is 10.2. The van der Waals surface area contributed by atoms with Crippen LogP contribution in [0.25, 0.3) is 0 Å². The van der Waals surface area contributed by atoms with Gasteiger partial charge in [-0.3, -0.25) is 4.79 Å². The molecule has 19 heavy (non-hydrogen) atoms. The minimum atomic E-state index is -1.00. The Balaban J connectivity index is 2.02. The molecule has 2 nitrogen and oxygen atoms in total. The van der Waals surface area contributed by atoms with Gasteiger partial charge in [-0.05, 0) is 43.3 Å². The lowest BCUT2D eigenvalue weighted by molar-refractivity contribution is -0.117. The zero-order chi connectivity index (χ0) is 13.7. The van der Waals surface area contributed by atoms with E-state index < -0.39 is 12.6 Å². The standard InChI is InChI=1S/C15H14FNOS/c1-11-2-6-13(7-3-11)19-14-8-4-12(5-9-14)17-15(18)10-16/h2-9H,10H2,1H3,(H,17,18). The third-order valence-electron chi connectivity index (χ3n) is 2.52. The highest BCUT2D eigenvalue weighted by molar-refractivity contribution is 7.99. The summed E-state index contributed by atoms with van der Waals surface area (Å²) in [6, 6.07) is 15.6. The van der Waals surface area contributed by atoms with Crippen LogP contribution in [0.4, 0.5) is 10.1 Å². The van der Waals surface area contributed by atoms with Crippen LogP contribution in [0.15, 0.2) is 58.3 Å². The number of aryl methyl sites for hydroxylation is 1. The zero-order valence-corrected chi connectivity index (χ0v) is 11.3. The fourth-order valence-corrected chi connectivity index (χ4v) is 2.36. The van der Waals surface area contributed by atoms with Crippen LogP contribution in [0.3, 0.4) is 0 Å². The number of hydrogen-bond donors (Lipinski definition) is 1. The number of benzene rings is 2. The quantitative estimate of drug-likeness (QED) is 0.912. The highest BCUT2D eigenvalue weighted by atomic mass is 32.2. The van der Waals surface area contributed by atoms with Crippen molar-refractivity contribution < 1.29 is 9.18 Å². The summed E-state index contributed by atoms with van der Waals surface area (Å²) in [5.74, 6) is -0.626. The molecule has 2 aromatic rings. The van der Waals surface area contributed by atoms with Gasteiger partial charge < -0.3 is 5.32 Å². The maximum atomic E-state index is 12.1. The Hall–Kier alpha value is -1.81. The third kappa shape index (κ3) is 4.10. The molecule has 1 N–H and O–H groups in total. The molecule has 0 radical (unpaired) electrons. The predicted octanol–water partition coefficient (Wildman–Crippen LogP) is 4.05. The number of anilines is 1. The first-order chi connectivity index (χ1) is 9.17. The summed E-state index contributed by atoms with van der Waals surface area (Å²) in [5, 5.41) is 2.47. The van der Waals surface area contributed by atoms with Crippen LogP contribution in [0.1, 0.15) is 5.56 Å². The molecule has 98 valence electrons. The first kappa shape index (κ1) is 13.6. The Bertz CT molecular complexity index is 551. The van der Waals surface area contributed by atoms with E-state index in [0.29, 0.717) is 5.69 Å². The van der Waals surface area contributed by atoms with Crippen molar-refractivity contribution in [3.05, 3.63) is 54.1 Å². The average Bonchev–Trinajstić information content (AvgIpc) is 2.43. The van der Waals surface area contributed by atoms with Gasteiger partial charge in [0.25, 0.3) is 5.91 Å². The first-order valence-electron chi connectivity index (χ1n) is 5.88. The van der Waals surface area contributed by atoms with Gasteiger partial charge in [-0.2, -0.15) is 0 Å². The van der Waals surface area contributed by atoms with E-state index in [1.807, 2.05) is 12.1 Å². The lowest BCUT2D eigenvalue weighted by Crippen LogP contribution is -2.12. The number of amides is 1. The Labute approximate surface area is 116 Å². The number of hydrogen-bond acceptors (Lipinski definition) is 2. The lowest BCUT2D eigenvalue weighted by Gasteiger charge is -2.05. The number of alkyl halides is 1. The Kier molecular flexibility index (Phi) is 4.58. The van der Waals surface area contributed by atoms with Crippen molar-refractivity contribution in [2.75, 3.05) is 12.0 Å². The minimum Gasteiger partial charge on any atom is -0.324 e. The molecule has 4 heteroatoms. The maximum Gasteiger partial charge on any atom is 0.255 e. The summed E-state index contributed by atoms with van der Waals surface area (Å²) in [6.07, 6.45) is 0. The summed E-state index contributed by atoms with van der Waals surface area (Å²) >= 11 is 1.64. The van der Waals surface area contributed by atoms with Crippen molar-refractivity contribution in [3.63, 3.8) is 0 Å². The van der Waals surface area contributed by atoms with Crippen LogP contribution >= 0.6 is 11.8 Å². The molecule has 2 rings (SSSR count). The molecule has 0 aliphatic carbocycles. The normalized spacial score (nSPS) is 10.2. The monoisotopic (exact) mass is 275 g/mol. The summed E-state index contributed by atoms with van der Waals surface area (Å²) in [4.78, 5) is 13.1. The van der Waals surface area contributed by atoms with E-state index in [2.05, 4.69) is 36.5 Å². The summed E-state index contributed by atoms with van der Waals surface area (Å²) in [7, 11) is 0. The van der Waals surface area contributed by atoms with Crippen molar-refractivity contribution in [2.45, 2.75) is 16.7 Å². The molecule has 0 spiro atoms. The van der Waals surface area contributed by atoms with Crippen molar-refractivity contribution in [2.24, 2.45) is 0 Å². The van der Waals surface area contributed by atoms with Crippen molar-refractivity contribution >= 4 is 23.4 Å². The van der Waals surface area contributed by atoms with E-state index in [9.17, 15) is 9.18 Å². The van der Waals surface area contributed by atoms with E-state index in [0.717, 1.165) is 9.79 Å². The molecule has 0 saturated carbocycles. The van der Waals surface area contributed by atoms with Crippen LogP contribution in [0.5, 0.6) is 0 Å². The molecule has 1 amide bonds. The fraction of sp³-hybridized carbons (Fsp3) is 0.133. The van der Waals surface area contributed by atoms with Gasteiger partial charge in [-0.1, -0.05) is 29.5 Å². The largest absolute Gasteiger partial charge is 0.324 e. The Morgan fingerprint density at radius 3 is 2.11 bits per heavy atom. The maximum absolute atomic E-state index is 12.1. The SMILES string of the molecule is Cc1ccc(Sc2ccc(NC(=O)CF)cc2)cc1. The molecule has 0 unspecified atom stereocenters. The molecule has 0 bridgehead atoms. The Morgan fingerprint density at radius 1 is 1.05 bits per heavy atom. The van der Waals surface area contributed by atoms with Crippen LogP contribution < -0.4 is 5.32 Å². The van der Waals surface area contributed by atoms with Crippen LogP contribution in [0.2, 0.25) is 0 Å². The molecular weight excluding hydrogens is 261 g/mol. The second-order valence-corrected chi connectivity index (χ2v) is 5.27. The van der Waals surface area contributed by atoms with Gasteiger partial charge in [0.1, 0.15) is 0 Å². The fourth-order valence-electron chi connectivity index (χ4n) is 1.54. The van der Waals surface area contributed by atoms with Crippen molar-refractivity contribution in [1.29, 1.82) is 0 Å². The highest BCUT2D eigenvalue weighted by Crippen LogP contribution is 2.28. The smallest absolute Gasteiger partial charge is 0.255 e. The number of nitrogens with one attached hydrogen (secondary N) is 1. The molecule has 0 heterocycles. The number of carbonyl (C=O) groups excluding carboxylic acids is 1. The Morgan fingerprint density at radius 2 is 1.58 bits per heavy atom. The number of rotatable bonds is 4. The van der Waals surface area contributed by atoms with Crippen LogP contribution in [-0.4, -0.2) is 12.6 Å². The molecular formula is C15H14FNOS. The van der Waals surface area contributed by atoms with Crippen LogP contribution in [0, 0.1) is 6.92 Å².